The van der Waals surface area contributed by atoms with E-state index in [4.69, 9.17) is 4.42 Å². The monoisotopic (exact) mass is 347 g/mol. The minimum atomic E-state index is 0.211. The SMILES string of the molecule is CCCC1CCCN(C(=O)CCc2nnc(-c3ccsc3)o2)CC1. The Morgan fingerprint density at radius 2 is 2.29 bits per heavy atom. The number of nitrogens with zero attached hydrogens (tertiary/aromatic N) is 3. The molecule has 6 heteroatoms. The van der Waals surface area contributed by atoms with Gasteiger partial charge in [0.25, 0.3) is 0 Å². The first-order valence-corrected chi connectivity index (χ1v) is 9.83. The fourth-order valence-corrected chi connectivity index (χ4v) is 3.97. The lowest BCUT2D eigenvalue weighted by Crippen LogP contribution is -2.32. The summed E-state index contributed by atoms with van der Waals surface area (Å²) in [6, 6.07) is 1.96. The second-order valence-electron chi connectivity index (χ2n) is 6.48. The lowest BCUT2D eigenvalue weighted by atomic mass is 9.96. The van der Waals surface area contributed by atoms with Crippen LogP contribution in [-0.4, -0.2) is 34.1 Å². The van der Waals surface area contributed by atoms with Gasteiger partial charge in [0.15, 0.2) is 0 Å². The molecule has 1 aliphatic rings. The molecule has 1 aliphatic heterocycles. The predicted octanol–water partition coefficient (Wildman–Crippen LogP) is 4.16. The van der Waals surface area contributed by atoms with Crippen LogP contribution >= 0.6 is 11.3 Å². The highest BCUT2D eigenvalue weighted by molar-refractivity contribution is 7.08. The van der Waals surface area contributed by atoms with E-state index in [9.17, 15) is 4.79 Å². The lowest BCUT2D eigenvalue weighted by molar-refractivity contribution is -0.131. The number of hydrogen-bond acceptors (Lipinski definition) is 5. The fraction of sp³-hybridized carbons (Fsp3) is 0.611. The van der Waals surface area contributed by atoms with Crippen LogP contribution in [0.4, 0.5) is 0 Å². The highest BCUT2D eigenvalue weighted by Gasteiger charge is 2.20. The zero-order valence-electron chi connectivity index (χ0n) is 14.2. The average Bonchev–Trinajstić information content (AvgIpc) is 3.22. The maximum Gasteiger partial charge on any atom is 0.248 e. The summed E-state index contributed by atoms with van der Waals surface area (Å²) in [4.78, 5) is 14.5. The summed E-state index contributed by atoms with van der Waals surface area (Å²) in [5, 5.41) is 12.1. The Morgan fingerprint density at radius 1 is 1.38 bits per heavy atom. The van der Waals surface area contributed by atoms with Gasteiger partial charge in [-0.1, -0.05) is 19.8 Å². The molecule has 24 heavy (non-hydrogen) atoms. The molecule has 0 spiro atoms. The van der Waals surface area contributed by atoms with E-state index in [0.717, 1.165) is 37.4 Å². The van der Waals surface area contributed by atoms with Gasteiger partial charge < -0.3 is 9.32 Å². The van der Waals surface area contributed by atoms with Gasteiger partial charge in [-0.05, 0) is 36.6 Å². The molecule has 0 aromatic carbocycles. The molecule has 130 valence electrons. The third-order valence-corrected chi connectivity index (χ3v) is 5.37. The van der Waals surface area contributed by atoms with E-state index >= 15 is 0 Å². The summed E-state index contributed by atoms with van der Waals surface area (Å²) in [6.45, 7) is 4.03. The average molecular weight is 347 g/mol. The summed E-state index contributed by atoms with van der Waals surface area (Å²) < 4.78 is 5.65. The molecule has 0 radical (unpaired) electrons. The Labute approximate surface area is 147 Å². The zero-order valence-corrected chi connectivity index (χ0v) is 15.1. The van der Waals surface area contributed by atoms with Gasteiger partial charge in [0, 0.05) is 36.9 Å². The van der Waals surface area contributed by atoms with Crippen molar-refractivity contribution in [2.75, 3.05) is 13.1 Å². The third kappa shape index (κ3) is 4.44. The molecule has 0 aliphatic carbocycles. The Balaban J connectivity index is 1.48. The summed E-state index contributed by atoms with van der Waals surface area (Å²) in [5.74, 6) is 2.08. The smallest absolute Gasteiger partial charge is 0.248 e. The number of likely N-dealkylation sites (tertiary alicyclic amines) is 1. The standard InChI is InChI=1S/C18H25N3O2S/c1-2-4-14-5-3-10-21(11-8-14)17(22)7-6-16-19-20-18(23-16)15-9-12-24-13-15/h9,12-14H,2-8,10-11H2,1H3. The van der Waals surface area contributed by atoms with E-state index in [1.54, 1.807) is 11.3 Å². The third-order valence-electron chi connectivity index (χ3n) is 4.69. The molecule has 2 aromatic rings. The molecule has 1 saturated heterocycles. The van der Waals surface area contributed by atoms with Gasteiger partial charge in [-0.25, -0.2) is 0 Å². The van der Waals surface area contributed by atoms with Gasteiger partial charge in [0.1, 0.15) is 0 Å². The van der Waals surface area contributed by atoms with Gasteiger partial charge >= 0.3 is 0 Å². The summed E-state index contributed by atoms with van der Waals surface area (Å²) in [6.07, 6.45) is 7.01. The lowest BCUT2D eigenvalue weighted by Gasteiger charge is -2.20. The van der Waals surface area contributed by atoms with Crippen LogP contribution in [0.3, 0.4) is 0 Å². The van der Waals surface area contributed by atoms with Crippen molar-refractivity contribution >= 4 is 17.2 Å². The van der Waals surface area contributed by atoms with E-state index in [1.807, 2.05) is 21.7 Å². The van der Waals surface area contributed by atoms with Crippen molar-refractivity contribution in [1.29, 1.82) is 0 Å². The van der Waals surface area contributed by atoms with Crippen molar-refractivity contribution in [3.05, 3.63) is 22.7 Å². The Bertz CT molecular complexity index is 638. The molecule has 0 saturated carbocycles. The Kier molecular flexibility index (Phi) is 6.01. The molecule has 3 heterocycles. The van der Waals surface area contributed by atoms with Crippen LogP contribution in [0.15, 0.2) is 21.2 Å². The van der Waals surface area contributed by atoms with Crippen molar-refractivity contribution < 1.29 is 9.21 Å². The van der Waals surface area contributed by atoms with Gasteiger partial charge in [-0.15, -0.1) is 10.2 Å². The van der Waals surface area contributed by atoms with Crippen LogP contribution in [-0.2, 0) is 11.2 Å². The van der Waals surface area contributed by atoms with Crippen LogP contribution in [0.2, 0.25) is 0 Å². The van der Waals surface area contributed by atoms with Gasteiger partial charge in [-0.3, -0.25) is 4.79 Å². The minimum absolute atomic E-state index is 0.211. The molecular formula is C18H25N3O2S. The molecule has 1 fully saturated rings. The van der Waals surface area contributed by atoms with Crippen LogP contribution in [0.5, 0.6) is 0 Å². The van der Waals surface area contributed by atoms with Crippen LogP contribution < -0.4 is 0 Å². The molecule has 1 amide bonds. The first-order valence-electron chi connectivity index (χ1n) is 8.89. The second kappa shape index (κ2) is 8.42. The number of carbonyl (C=O) groups excluding carboxylic acids is 1. The summed E-state index contributed by atoms with van der Waals surface area (Å²) >= 11 is 1.60. The first kappa shape index (κ1) is 17.1. The molecule has 1 atom stereocenters. The van der Waals surface area contributed by atoms with Gasteiger partial charge in [0.05, 0.1) is 0 Å². The fourth-order valence-electron chi connectivity index (χ4n) is 3.34. The van der Waals surface area contributed by atoms with Crippen LogP contribution in [0.1, 0.15) is 51.3 Å². The van der Waals surface area contributed by atoms with E-state index < -0.39 is 0 Å². The first-order chi connectivity index (χ1) is 11.8. The van der Waals surface area contributed by atoms with Gasteiger partial charge in [-0.2, -0.15) is 11.3 Å². The van der Waals surface area contributed by atoms with Crippen molar-refractivity contribution in [3.63, 3.8) is 0 Å². The topological polar surface area (TPSA) is 59.2 Å². The van der Waals surface area contributed by atoms with Crippen LogP contribution in [0, 0.1) is 5.92 Å². The number of carbonyl (C=O) groups is 1. The van der Waals surface area contributed by atoms with Crippen LogP contribution in [0.25, 0.3) is 11.5 Å². The molecule has 5 nitrogen and oxygen atoms in total. The highest BCUT2D eigenvalue weighted by atomic mass is 32.1. The normalized spacial score (nSPS) is 18.5. The molecule has 3 rings (SSSR count). The Morgan fingerprint density at radius 3 is 3.08 bits per heavy atom. The number of thiophene rings is 1. The maximum atomic E-state index is 12.5. The molecule has 0 bridgehead atoms. The number of aryl methyl sites for hydroxylation is 1. The van der Waals surface area contributed by atoms with Gasteiger partial charge in [0.2, 0.25) is 17.7 Å². The van der Waals surface area contributed by atoms with E-state index in [1.165, 1.54) is 19.3 Å². The van der Waals surface area contributed by atoms with Crippen molar-refractivity contribution in [1.82, 2.24) is 15.1 Å². The molecule has 1 unspecified atom stereocenters. The molecular weight excluding hydrogens is 322 g/mol. The number of aromatic nitrogens is 2. The van der Waals surface area contributed by atoms with Crippen molar-refractivity contribution in [3.8, 4) is 11.5 Å². The number of rotatable bonds is 6. The Hall–Kier alpha value is -1.69. The zero-order chi connectivity index (χ0) is 16.8. The van der Waals surface area contributed by atoms with E-state index in [-0.39, 0.29) is 5.91 Å². The minimum Gasteiger partial charge on any atom is -0.421 e. The van der Waals surface area contributed by atoms with E-state index in [0.29, 0.717) is 24.6 Å². The largest absolute Gasteiger partial charge is 0.421 e. The quantitative estimate of drug-likeness (QED) is 0.787. The highest BCUT2D eigenvalue weighted by Crippen LogP contribution is 2.23. The van der Waals surface area contributed by atoms with Crippen molar-refractivity contribution in [2.24, 2.45) is 5.92 Å². The molecule has 2 aromatic heterocycles. The van der Waals surface area contributed by atoms with Crippen molar-refractivity contribution in [2.45, 2.75) is 51.9 Å². The summed E-state index contributed by atoms with van der Waals surface area (Å²) in [5.41, 5.74) is 0.944. The number of amides is 1. The molecule has 0 N–H and O–H groups in total. The van der Waals surface area contributed by atoms with E-state index in [2.05, 4.69) is 17.1 Å². The maximum absolute atomic E-state index is 12.5. The summed E-state index contributed by atoms with van der Waals surface area (Å²) in [7, 11) is 0. The second-order valence-corrected chi connectivity index (χ2v) is 7.26. The number of hydrogen-bond donors (Lipinski definition) is 0. The predicted molar refractivity (Wildman–Crippen MR) is 94.8 cm³/mol.